The van der Waals surface area contributed by atoms with Crippen LogP contribution < -0.4 is 9.64 Å². The minimum atomic E-state index is 0.0289. The molecule has 1 atom stereocenters. The number of hydrogen-bond donors (Lipinski definition) is 0. The first kappa shape index (κ1) is 18.4. The van der Waals surface area contributed by atoms with Crippen molar-refractivity contribution >= 4 is 35.0 Å². The lowest BCUT2D eigenvalue weighted by atomic mass is 10.2. The number of piperazine rings is 1. The fraction of sp³-hybridized carbons (Fsp3) is 0.400. The Morgan fingerprint density at radius 3 is 2.52 bits per heavy atom. The molecule has 2 fully saturated rings. The summed E-state index contributed by atoms with van der Waals surface area (Å²) >= 11 is 7.86. The third-order valence-electron chi connectivity index (χ3n) is 4.92. The number of benzene rings is 1. The fourth-order valence-electron chi connectivity index (χ4n) is 3.36. The van der Waals surface area contributed by atoms with Crippen molar-refractivity contribution < 1.29 is 9.53 Å². The molecule has 0 radical (unpaired) electrons. The normalized spacial score (nSPS) is 20.0. The molecule has 1 aromatic heterocycles. The van der Waals surface area contributed by atoms with E-state index in [9.17, 15) is 4.79 Å². The zero-order valence-electron chi connectivity index (χ0n) is 15.0. The van der Waals surface area contributed by atoms with Gasteiger partial charge in [-0.15, -0.1) is 0 Å². The van der Waals surface area contributed by atoms with Gasteiger partial charge in [-0.2, -0.15) is 11.8 Å². The molecule has 0 unspecified atom stereocenters. The molecule has 0 spiro atoms. The average Bonchev–Trinajstić information content (AvgIpc) is 3.22. The van der Waals surface area contributed by atoms with Gasteiger partial charge in [0.15, 0.2) is 0 Å². The van der Waals surface area contributed by atoms with Crippen molar-refractivity contribution in [2.75, 3.05) is 42.6 Å². The van der Waals surface area contributed by atoms with Gasteiger partial charge in [0.25, 0.3) is 5.91 Å². The number of thioether (sulfide) groups is 1. The van der Waals surface area contributed by atoms with Gasteiger partial charge in [-0.3, -0.25) is 4.79 Å². The van der Waals surface area contributed by atoms with Crippen LogP contribution in [0.3, 0.4) is 0 Å². The van der Waals surface area contributed by atoms with E-state index in [1.165, 1.54) is 0 Å². The summed E-state index contributed by atoms with van der Waals surface area (Å²) in [7, 11) is 0. The number of aromatic nitrogens is 1. The summed E-state index contributed by atoms with van der Waals surface area (Å²) in [6.45, 7) is 3.00. The fourth-order valence-corrected chi connectivity index (χ4v) is 4.58. The molecular formula is C20H22ClN3O2S. The van der Waals surface area contributed by atoms with Gasteiger partial charge < -0.3 is 14.5 Å². The van der Waals surface area contributed by atoms with Crippen LogP contribution in [0, 0.1) is 0 Å². The Morgan fingerprint density at radius 2 is 1.89 bits per heavy atom. The van der Waals surface area contributed by atoms with E-state index in [-0.39, 0.29) is 12.0 Å². The van der Waals surface area contributed by atoms with E-state index in [0.717, 1.165) is 41.7 Å². The van der Waals surface area contributed by atoms with Crippen molar-refractivity contribution in [2.24, 2.45) is 0 Å². The highest BCUT2D eigenvalue weighted by molar-refractivity contribution is 7.99. The van der Waals surface area contributed by atoms with Crippen molar-refractivity contribution in [2.45, 2.75) is 12.5 Å². The van der Waals surface area contributed by atoms with E-state index in [1.54, 1.807) is 12.3 Å². The van der Waals surface area contributed by atoms with Crippen molar-refractivity contribution in [3.63, 3.8) is 0 Å². The van der Waals surface area contributed by atoms with E-state index in [0.29, 0.717) is 24.5 Å². The van der Waals surface area contributed by atoms with Crippen LogP contribution in [0.4, 0.5) is 5.69 Å². The number of anilines is 1. The number of amides is 1. The van der Waals surface area contributed by atoms with Gasteiger partial charge in [0.05, 0.1) is 5.56 Å². The summed E-state index contributed by atoms with van der Waals surface area (Å²) < 4.78 is 5.85. The maximum atomic E-state index is 12.7. The van der Waals surface area contributed by atoms with Gasteiger partial charge in [-0.1, -0.05) is 11.6 Å². The first-order valence-electron chi connectivity index (χ1n) is 9.19. The molecule has 1 amide bonds. The molecule has 2 aliphatic heterocycles. The van der Waals surface area contributed by atoms with Crippen LogP contribution in [0.15, 0.2) is 42.6 Å². The zero-order chi connectivity index (χ0) is 18.6. The van der Waals surface area contributed by atoms with Crippen LogP contribution in [0.25, 0.3) is 0 Å². The predicted molar refractivity (Wildman–Crippen MR) is 110 cm³/mol. The Hall–Kier alpha value is -1.92. The van der Waals surface area contributed by atoms with Crippen LogP contribution in [0.5, 0.6) is 5.88 Å². The molecule has 0 bridgehead atoms. The molecule has 27 heavy (non-hydrogen) atoms. The van der Waals surface area contributed by atoms with Crippen molar-refractivity contribution in [3.05, 3.63) is 53.2 Å². The van der Waals surface area contributed by atoms with E-state index in [4.69, 9.17) is 16.3 Å². The molecule has 5 nitrogen and oxygen atoms in total. The number of ether oxygens (including phenoxy) is 1. The summed E-state index contributed by atoms with van der Waals surface area (Å²) in [5.74, 6) is 2.79. The third-order valence-corrected chi connectivity index (χ3v) is 6.30. The van der Waals surface area contributed by atoms with Gasteiger partial charge in [-0.05, 0) is 42.5 Å². The Bertz CT molecular complexity index is 771. The number of rotatable bonds is 4. The average molecular weight is 404 g/mol. The molecule has 7 heteroatoms. The maximum Gasteiger partial charge on any atom is 0.255 e. The summed E-state index contributed by atoms with van der Waals surface area (Å²) in [6, 6.07) is 11.5. The summed E-state index contributed by atoms with van der Waals surface area (Å²) in [6.07, 6.45) is 2.93. The Kier molecular flexibility index (Phi) is 5.74. The van der Waals surface area contributed by atoms with Gasteiger partial charge in [0.2, 0.25) is 5.88 Å². The lowest BCUT2D eigenvalue weighted by molar-refractivity contribution is 0.0746. The van der Waals surface area contributed by atoms with Crippen LogP contribution in [0.1, 0.15) is 16.8 Å². The molecule has 1 aromatic carbocycles. The first-order valence-corrected chi connectivity index (χ1v) is 10.7. The molecule has 4 rings (SSSR count). The van der Waals surface area contributed by atoms with E-state index < -0.39 is 0 Å². The van der Waals surface area contributed by atoms with Crippen molar-refractivity contribution in [1.82, 2.24) is 9.88 Å². The largest absolute Gasteiger partial charge is 0.473 e. The molecule has 0 N–H and O–H groups in total. The molecule has 2 aromatic rings. The van der Waals surface area contributed by atoms with Crippen molar-refractivity contribution in [3.8, 4) is 5.88 Å². The summed E-state index contributed by atoms with van der Waals surface area (Å²) in [4.78, 5) is 21.2. The Labute approximate surface area is 168 Å². The Morgan fingerprint density at radius 1 is 1.11 bits per heavy atom. The SMILES string of the molecule is O=C(c1ccc(O[C@@H]2CCSC2)nc1)N1CCN(c2ccc(Cl)cc2)CC1. The topological polar surface area (TPSA) is 45.7 Å². The molecule has 2 saturated heterocycles. The zero-order valence-corrected chi connectivity index (χ0v) is 16.6. The van der Waals surface area contributed by atoms with Crippen LogP contribution in [0.2, 0.25) is 5.02 Å². The highest BCUT2D eigenvalue weighted by atomic mass is 35.5. The van der Waals surface area contributed by atoms with Gasteiger partial charge in [-0.25, -0.2) is 4.98 Å². The number of pyridine rings is 1. The standard InChI is InChI=1S/C20H22ClN3O2S/c21-16-2-4-17(5-3-16)23-8-10-24(11-9-23)20(25)15-1-6-19(22-13-15)26-18-7-12-27-14-18/h1-6,13,18H,7-12,14H2/t18-/m1/s1. The van der Waals surface area contributed by atoms with Crippen LogP contribution in [-0.4, -0.2) is 59.6 Å². The first-order chi connectivity index (χ1) is 13.2. The minimum Gasteiger partial charge on any atom is -0.473 e. The summed E-state index contributed by atoms with van der Waals surface area (Å²) in [5, 5.41) is 0.735. The molecule has 0 saturated carbocycles. The van der Waals surface area contributed by atoms with Crippen LogP contribution in [-0.2, 0) is 0 Å². The number of nitrogens with zero attached hydrogens (tertiary/aromatic N) is 3. The van der Waals surface area contributed by atoms with E-state index in [1.807, 2.05) is 47.0 Å². The van der Waals surface area contributed by atoms with Gasteiger partial charge in [0.1, 0.15) is 6.10 Å². The minimum absolute atomic E-state index is 0.0289. The van der Waals surface area contributed by atoms with E-state index >= 15 is 0 Å². The second-order valence-electron chi connectivity index (χ2n) is 6.74. The smallest absolute Gasteiger partial charge is 0.255 e. The monoisotopic (exact) mass is 403 g/mol. The molecule has 3 heterocycles. The number of carbonyl (C=O) groups excluding carboxylic acids is 1. The van der Waals surface area contributed by atoms with E-state index in [2.05, 4.69) is 9.88 Å². The molecule has 0 aliphatic carbocycles. The van der Waals surface area contributed by atoms with Gasteiger partial charge >= 0.3 is 0 Å². The molecular weight excluding hydrogens is 382 g/mol. The Balaban J connectivity index is 1.32. The summed E-state index contributed by atoms with van der Waals surface area (Å²) in [5.41, 5.74) is 1.75. The highest BCUT2D eigenvalue weighted by Crippen LogP contribution is 2.23. The lowest BCUT2D eigenvalue weighted by Gasteiger charge is -2.36. The predicted octanol–water partition coefficient (Wildman–Crippen LogP) is 3.58. The third kappa shape index (κ3) is 4.50. The second-order valence-corrected chi connectivity index (χ2v) is 8.33. The highest BCUT2D eigenvalue weighted by Gasteiger charge is 2.23. The number of carbonyl (C=O) groups is 1. The number of halogens is 1. The maximum absolute atomic E-state index is 12.7. The molecule has 142 valence electrons. The quantitative estimate of drug-likeness (QED) is 0.780. The molecule has 2 aliphatic rings. The lowest BCUT2D eigenvalue weighted by Crippen LogP contribution is -2.48. The van der Waals surface area contributed by atoms with Crippen molar-refractivity contribution in [1.29, 1.82) is 0 Å². The second kappa shape index (κ2) is 8.40. The van der Waals surface area contributed by atoms with Crippen LogP contribution >= 0.6 is 23.4 Å². The van der Waals surface area contributed by atoms with Gasteiger partial charge in [0, 0.05) is 54.9 Å². The number of hydrogen-bond acceptors (Lipinski definition) is 5.